The maximum atomic E-state index is 5.33. The first-order chi connectivity index (χ1) is 31.3. The molecule has 3 aliphatic carbocycles. The van der Waals surface area contributed by atoms with Gasteiger partial charge >= 0.3 is 0 Å². The summed E-state index contributed by atoms with van der Waals surface area (Å²) in [6, 6.07) is 68.8. The Morgan fingerprint density at radius 2 is 1.05 bits per heavy atom. The van der Waals surface area contributed by atoms with Gasteiger partial charge in [-0.3, -0.25) is 4.98 Å². The van der Waals surface area contributed by atoms with Gasteiger partial charge in [0.25, 0.3) is 0 Å². The van der Waals surface area contributed by atoms with Gasteiger partial charge in [-0.2, -0.15) is 0 Å². The molecular formula is C60H37N3. The van der Waals surface area contributed by atoms with Gasteiger partial charge in [0.1, 0.15) is 0 Å². The summed E-state index contributed by atoms with van der Waals surface area (Å²) in [5, 5.41) is 7.10. The Morgan fingerprint density at radius 1 is 0.444 bits per heavy atom. The molecule has 11 aromatic rings. The maximum absolute atomic E-state index is 5.33. The van der Waals surface area contributed by atoms with Gasteiger partial charge in [-0.05, 0) is 103 Å². The predicted octanol–water partition coefficient (Wildman–Crippen LogP) is 14.8. The van der Waals surface area contributed by atoms with E-state index in [1.807, 2.05) is 6.20 Å². The molecule has 292 valence electrons. The van der Waals surface area contributed by atoms with Crippen molar-refractivity contribution in [3.8, 4) is 28.1 Å². The second-order valence-corrected chi connectivity index (χ2v) is 17.2. The molecule has 0 saturated carbocycles. The van der Waals surface area contributed by atoms with Crippen LogP contribution in [0.1, 0.15) is 34.2 Å². The van der Waals surface area contributed by atoms with E-state index in [1.54, 1.807) is 0 Å². The molecule has 2 heterocycles. The van der Waals surface area contributed by atoms with Crippen LogP contribution in [0.4, 0.5) is 0 Å². The van der Waals surface area contributed by atoms with Crippen LogP contribution in [0.15, 0.2) is 218 Å². The normalized spacial score (nSPS) is 14.7. The number of aromatic nitrogens is 3. The lowest BCUT2D eigenvalue weighted by atomic mass is 9.69. The highest BCUT2D eigenvalue weighted by Crippen LogP contribution is 2.63. The van der Waals surface area contributed by atoms with Crippen LogP contribution in [0.3, 0.4) is 0 Å². The molecule has 3 nitrogen and oxygen atoms in total. The lowest BCUT2D eigenvalue weighted by molar-refractivity contribution is 0.747. The molecule has 9 aromatic carbocycles. The second-order valence-electron chi connectivity index (χ2n) is 17.2. The van der Waals surface area contributed by atoms with Crippen molar-refractivity contribution >= 4 is 65.5 Å². The first-order valence-corrected chi connectivity index (χ1v) is 21.9. The topological polar surface area (TPSA) is 30.7 Å². The molecule has 0 aliphatic heterocycles. The third-order valence-electron chi connectivity index (χ3n) is 14.1. The minimum absolute atomic E-state index is 0.318. The van der Waals surface area contributed by atoms with Crippen LogP contribution < -0.4 is 0 Å². The third-order valence-corrected chi connectivity index (χ3v) is 14.1. The number of benzene rings is 9. The summed E-state index contributed by atoms with van der Waals surface area (Å²) in [4.78, 5) is 10.4. The third kappa shape index (κ3) is 4.68. The van der Waals surface area contributed by atoms with Gasteiger partial charge in [0, 0.05) is 32.8 Å². The monoisotopic (exact) mass is 799 g/mol. The average Bonchev–Trinajstić information content (AvgIpc) is 3.87. The van der Waals surface area contributed by atoms with E-state index >= 15 is 0 Å². The lowest BCUT2D eigenvalue weighted by Gasteiger charge is -2.32. The van der Waals surface area contributed by atoms with E-state index in [4.69, 9.17) is 9.97 Å². The number of hydrogen-bond donors (Lipinski definition) is 0. The molecule has 63 heavy (non-hydrogen) atoms. The van der Waals surface area contributed by atoms with Gasteiger partial charge in [-0.15, -0.1) is 0 Å². The molecule has 0 radical (unpaired) electrons. The predicted molar refractivity (Wildman–Crippen MR) is 261 cm³/mol. The zero-order valence-corrected chi connectivity index (χ0v) is 34.3. The van der Waals surface area contributed by atoms with Gasteiger partial charge in [-0.25, -0.2) is 4.98 Å². The molecular weight excluding hydrogens is 763 g/mol. The molecule has 0 saturated heterocycles. The van der Waals surface area contributed by atoms with E-state index in [1.165, 1.54) is 88.2 Å². The quantitative estimate of drug-likeness (QED) is 0.167. The van der Waals surface area contributed by atoms with Gasteiger partial charge in [0.05, 0.1) is 39.4 Å². The van der Waals surface area contributed by atoms with Crippen LogP contribution in [-0.4, -0.2) is 14.5 Å². The van der Waals surface area contributed by atoms with Crippen LogP contribution in [0, 0.1) is 0 Å². The fourth-order valence-corrected chi connectivity index (χ4v) is 11.5. The number of para-hydroxylation sites is 1. The zero-order chi connectivity index (χ0) is 41.2. The van der Waals surface area contributed by atoms with E-state index in [0.717, 1.165) is 45.2 Å². The van der Waals surface area contributed by atoms with Crippen molar-refractivity contribution in [3.05, 3.63) is 246 Å². The van der Waals surface area contributed by atoms with Crippen LogP contribution in [0.25, 0.3) is 93.6 Å². The Labute approximate surface area is 364 Å². The van der Waals surface area contributed by atoms with E-state index in [0.29, 0.717) is 0 Å². The van der Waals surface area contributed by atoms with Crippen LogP contribution in [0.5, 0.6) is 0 Å². The summed E-state index contributed by atoms with van der Waals surface area (Å²) in [6.45, 7) is 0. The van der Waals surface area contributed by atoms with Crippen LogP contribution in [0.2, 0.25) is 0 Å². The van der Waals surface area contributed by atoms with E-state index < -0.39 is 0 Å². The molecule has 0 unspecified atom stereocenters. The molecule has 14 rings (SSSR count). The summed E-state index contributed by atoms with van der Waals surface area (Å²) in [5.41, 5.74) is 20.3. The number of fused-ring (bicyclic) bond motifs is 18. The van der Waals surface area contributed by atoms with Gasteiger partial charge in [0.15, 0.2) is 0 Å². The summed E-state index contributed by atoms with van der Waals surface area (Å²) < 4.78 is 2.40. The lowest BCUT2D eigenvalue weighted by Crippen LogP contribution is -2.27. The first-order valence-electron chi connectivity index (χ1n) is 21.9. The SMILES string of the molecule is C1=CC2=C(CC=C1c1ccc3c(c1)c1ccccc1n3-c1cccc(-c3cnc4c5ccccc5c5ccccc5c4n3)c1)C1(c3ccccc32)c2ccccc2-c2ccccc21. The van der Waals surface area contributed by atoms with Crippen molar-refractivity contribution in [2.75, 3.05) is 0 Å². The number of rotatable bonds is 3. The largest absolute Gasteiger partial charge is 0.309 e. The van der Waals surface area contributed by atoms with E-state index in [9.17, 15) is 0 Å². The van der Waals surface area contributed by atoms with Crippen molar-refractivity contribution in [2.24, 2.45) is 0 Å². The van der Waals surface area contributed by atoms with E-state index in [2.05, 4.69) is 211 Å². The summed E-state index contributed by atoms with van der Waals surface area (Å²) in [5.74, 6) is 0. The first kappa shape index (κ1) is 34.6. The molecule has 3 aliphatic rings. The van der Waals surface area contributed by atoms with Crippen molar-refractivity contribution in [1.82, 2.24) is 14.5 Å². The smallest absolute Gasteiger partial charge is 0.0979 e. The fraction of sp³-hybridized carbons (Fsp3) is 0.0333. The van der Waals surface area contributed by atoms with Crippen LogP contribution in [-0.2, 0) is 5.41 Å². The average molecular weight is 800 g/mol. The highest BCUT2D eigenvalue weighted by molar-refractivity contribution is 6.23. The highest BCUT2D eigenvalue weighted by Gasteiger charge is 2.52. The maximum Gasteiger partial charge on any atom is 0.0979 e. The molecule has 2 aromatic heterocycles. The van der Waals surface area contributed by atoms with Crippen molar-refractivity contribution in [2.45, 2.75) is 11.8 Å². The minimum atomic E-state index is -0.318. The van der Waals surface area contributed by atoms with E-state index in [-0.39, 0.29) is 5.41 Å². The molecule has 0 amide bonds. The summed E-state index contributed by atoms with van der Waals surface area (Å²) >= 11 is 0. The number of nitrogens with zero attached hydrogens (tertiary/aromatic N) is 3. The van der Waals surface area contributed by atoms with Gasteiger partial charge < -0.3 is 4.57 Å². The summed E-state index contributed by atoms with van der Waals surface area (Å²) in [6.07, 6.45) is 10.0. The fourth-order valence-electron chi connectivity index (χ4n) is 11.5. The van der Waals surface area contributed by atoms with Crippen LogP contribution >= 0.6 is 0 Å². The molecule has 0 atom stereocenters. The van der Waals surface area contributed by atoms with Crippen molar-refractivity contribution in [1.29, 1.82) is 0 Å². The minimum Gasteiger partial charge on any atom is -0.309 e. The van der Waals surface area contributed by atoms with Gasteiger partial charge in [-0.1, -0.05) is 176 Å². The Kier molecular flexibility index (Phi) is 7.10. The second kappa shape index (κ2) is 12.9. The Morgan fingerprint density at radius 3 is 1.79 bits per heavy atom. The molecule has 3 heteroatoms. The molecule has 0 N–H and O–H groups in total. The summed E-state index contributed by atoms with van der Waals surface area (Å²) in [7, 11) is 0. The molecule has 0 fully saturated rings. The number of allylic oxidation sites excluding steroid dienone is 6. The standard InChI is InChI=1S/C60H37N3/c1-3-22-48-41(16-1)42-17-2-4-23-49(42)59-58(48)61-36-55(62-59)39-14-13-15-40(34-39)63-56-27-12-8-21-47(56)50-35-38(30-33-57(50)63)37-28-31-46-45-20-7-11-26-53(45)60(54(46)32-29-37)51-24-9-5-18-43(51)44-19-6-10-25-52(44)60/h1-31,33-36H,32H2. The van der Waals surface area contributed by atoms with Crippen molar-refractivity contribution < 1.29 is 0 Å². The Hall–Kier alpha value is -8.14. The van der Waals surface area contributed by atoms with Gasteiger partial charge in [0.2, 0.25) is 0 Å². The number of hydrogen-bond acceptors (Lipinski definition) is 2. The molecule has 1 spiro atoms. The highest BCUT2D eigenvalue weighted by atomic mass is 15.0. The Bertz CT molecular complexity index is 3810. The zero-order valence-electron chi connectivity index (χ0n) is 34.3. The van der Waals surface area contributed by atoms with Crippen molar-refractivity contribution in [3.63, 3.8) is 0 Å². The molecule has 0 bridgehead atoms. The Balaban J connectivity index is 0.882.